The molecule has 0 radical (unpaired) electrons. The summed E-state index contributed by atoms with van der Waals surface area (Å²) in [5.74, 6) is 0.451. The van der Waals surface area contributed by atoms with Crippen LogP contribution in [0.2, 0.25) is 5.02 Å². The second kappa shape index (κ2) is 12.3. The number of aromatic nitrogens is 2. The molecule has 1 unspecified atom stereocenters. The van der Waals surface area contributed by atoms with Gasteiger partial charge in [-0.1, -0.05) is 29.8 Å². The second-order valence-electron chi connectivity index (χ2n) is 8.01. The number of nitrogens with zero attached hydrogens (tertiary/aromatic N) is 3. The van der Waals surface area contributed by atoms with E-state index >= 15 is 0 Å². The summed E-state index contributed by atoms with van der Waals surface area (Å²) in [6.45, 7) is 3.71. The molecule has 1 atom stereocenters. The Bertz CT molecular complexity index is 1180. The van der Waals surface area contributed by atoms with E-state index in [0.717, 1.165) is 5.56 Å². The average Bonchev–Trinajstić information content (AvgIpc) is 3.37. The topological polar surface area (TPSA) is 103 Å². The zero-order valence-corrected chi connectivity index (χ0v) is 20.6. The Labute approximate surface area is 214 Å². The van der Waals surface area contributed by atoms with Crippen molar-refractivity contribution in [2.75, 3.05) is 26.6 Å². The van der Waals surface area contributed by atoms with E-state index in [2.05, 4.69) is 15.3 Å². The van der Waals surface area contributed by atoms with Crippen molar-refractivity contribution in [1.82, 2.24) is 20.2 Å². The largest absolute Gasteiger partial charge is 0.454 e. The summed E-state index contributed by atoms with van der Waals surface area (Å²) >= 11 is 6.11. The Balaban J connectivity index is 1.68. The molecular formula is C26H27ClN4O5. The van der Waals surface area contributed by atoms with Crippen LogP contribution in [0.1, 0.15) is 41.0 Å². The molecule has 0 fully saturated rings. The highest BCUT2D eigenvalue weighted by Gasteiger charge is 2.33. The predicted molar refractivity (Wildman–Crippen MR) is 133 cm³/mol. The molecule has 2 amide bonds. The van der Waals surface area contributed by atoms with Crippen LogP contribution in [0.25, 0.3) is 0 Å². The van der Waals surface area contributed by atoms with E-state index in [1.165, 1.54) is 23.5 Å². The van der Waals surface area contributed by atoms with Crippen molar-refractivity contribution in [3.8, 4) is 11.5 Å². The molecule has 2 heterocycles. The highest BCUT2D eigenvalue weighted by Crippen LogP contribution is 2.34. The molecule has 10 heteroatoms. The first-order valence-electron chi connectivity index (χ1n) is 11.6. The molecule has 4 rings (SSSR count). The van der Waals surface area contributed by atoms with Gasteiger partial charge in [0.2, 0.25) is 12.7 Å². The number of fused-ring (bicyclic) bond motifs is 1. The predicted octanol–water partition coefficient (Wildman–Crippen LogP) is 3.79. The number of amides is 2. The molecule has 188 valence electrons. The van der Waals surface area contributed by atoms with Gasteiger partial charge < -0.3 is 24.4 Å². The summed E-state index contributed by atoms with van der Waals surface area (Å²) < 4.78 is 16.3. The van der Waals surface area contributed by atoms with Crippen molar-refractivity contribution < 1.29 is 23.8 Å². The summed E-state index contributed by atoms with van der Waals surface area (Å²) in [6, 6.07) is 11.3. The average molecular weight is 511 g/mol. The molecule has 1 N–H and O–H groups in total. The molecule has 0 aliphatic carbocycles. The Kier molecular flexibility index (Phi) is 8.70. The molecule has 0 saturated carbocycles. The van der Waals surface area contributed by atoms with Crippen molar-refractivity contribution in [2.24, 2.45) is 0 Å². The molecule has 2 aromatic carbocycles. The van der Waals surface area contributed by atoms with Crippen molar-refractivity contribution >= 4 is 23.4 Å². The number of hydrogen-bond acceptors (Lipinski definition) is 7. The van der Waals surface area contributed by atoms with Crippen LogP contribution >= 0.6 is 11.6 Å². The van der Waals surface area contributed by atoms with Crippen LogP contribution in [0.3, 0.4) is 0 Å². The maximum Gasteiger partial charge on any atom is 0.275 e. The summed E-state index contributed by atoms with van der Waals surface area (Å²) in [7, 11) is 0. The monoisotopic (exact) mass is 510 g/mol. The molecule has 9 nitrogen and oxygen atoms in total. The molecular weight excluding hydrogens is 484 g/mol. The van der Waals surface area contributed by atoms with Crippen molar-refractivity contribution in [1.29, 1.82) is 0 Å². The number of benzene rings is 2. The van der Waals surface area contributed by atoms with E-state index < -0.39 is 11.9 Å². The minimum atomic E-state index is -0.950. The molecule has 3 aromatic rings. The number of rotatable bonds is 11. The Morgan fingerprint density at radius 1 is 1.14 bits per heavy atom. The highest BCUT2D eigenvalue weighted by atomic mass is 35.5. The molecule has 1 aliphatic rings. The van der Waals surface area contributed by atoms with Crippen LogP contribution in [0.4, 0.5) is 0 Å². The van der Waals surface area contributed by atoms with Gasteiger partial charge in [-0.05, 0) is 48.7 Å². The van der Waals surface area contributed by atoms with E-state index in [1.807, 2.05) is 13.0 Å². The van der Waals surface area contributed by atoms with Gasteiger partial charge in [-0.25, -0.2) is 4.98 Å². The van der Waals surface area contributed by atoms with E-state index in [1.54, 1.807) is 36.4 Å². The Morgan fingerprint density at radius 2 is 1.94 bits per heavy atom. The summed E-state index contributed by atoms with van der Waals surface area (Å²) in [5, 5.41) is 3.47. The van der Waals surface area contributed by atoms with E-state index in [0.29, 0.717) is 48.3 Å². The smallest absolute Gasteiger partial charge is 0.275 e. The van der Waals surface area contributed by atoms with Gasteiger partial charge in [0.05, 0.1) is 6.20 Å². The molecule has 1 aliphatic heterocycles. The first-order valence-corrected chi connectivity index (χ1v) is 12.0. The lowest BCUT2D eigenvalue weighted by Gasteiger charge is -2.31. The third-order valence-electron chi connectivity index (χ3n) is 5.55. The number of carbonyl (C=O) groups excluding carboxylic acids is 2. The van der Waals surface area contributed by atoms with Crippen molar-refractivity contribution in [2.45, 2.75) is 25.9 Å². The maximum absolute atomic E-state index is 13.7. The van der Waals surface area contributed by atoms with Gasteiger partial charge in [-0.2, -0.15) is 0 Å². The quantitative estimate of drug-likeness (QED) is 0.391. The number of hydrogen-bond donors (Lipinski definition) is 1. The Morgan fingerprint density at radius 3 is 2.69 bits per heavy atom. The number of ether oxygens (including phenoxy) is 3. The lowest BCUT2D eigenvalue weighted by molar-refractivity contribution is -0.126. The molecule has 36 heavy (non-hydrogen) atoms. The van der Waals surface area contributed by atoms with E-state index in [4.69, 9.17) is 25.8 Å². The summed E-state index contributed by atoms with van der Waals surface area (Å²) in [5.41, 5.74) is 1.50. The minimum absolute atomic E-state index is 0.117. The summed E-state index contributed by atoms with van der Waals surface area (Å²) in [6.07, 6.45) is 4.96. The van der Waals surface area contributed by atoms with Gasteiger partial charge in [-0.15, -0.1) is 0 Å². The normalized spacial score (nSPS) is 12.7. The zero-order valence-electron chi connectivity index (χ0n) is 19.9. The Hall–Kier alpha value is -3.69. The number of carbonyl (C=O) groups is 2. The van der Waals surface area contributed by atoms with Gasteiger partial charge in [0.25, 0.3) is 5.91 Å². The third kappa shape index (κ3) is 6.30. The number of halogens is 1. The molecule has 0 spiro atoms. The standard InChI is InChI=1S/C26H27ClN4O5/c1-2-34-13-3-10-30-25(32)24(19-5-7-20(27)8-6-19)31(26(33)21-15-28-11-12-29-21)16-18-4-9-22-23(14-18)36-17-35-22/h4-9,11-12,14-15,24H,2-3,10,13,16-17H2,1H3,(H,30,32). The molecule has 0 saturated heterocycles. The van der Waals surface area contributed by atoms with Crippen LogP contribution in [0, 0.1) is 0 Å². The fraction of sp³-hybridized carbons (Fsp3) is 0.308. The first kappa shape index (κ1) is 25.4. The van der Waals surface area contributed by atoms with Gasteiger partial charge in [0.15, 0.2) is 11.5 Å². The van der Waals surface area contributed by atoms with Gasteiger partial charge in [-0.3, -0.25) is 14.6 Å². The summed E-state index contributed by atoms with van der Waals surface area (Å²) in [4.78, 5) is 37.0. The lowest BCUT2D eigenvalue weighted by atomic mass is 10.0. The third-order valence-corrected chi connectivity index (χ3v) is 5.80. The van der Waals surface area contributed by atoms with Gasteiger partial charge >= 0.3 is 0 Å². The number of nitrogens with one attached hydrogen (secondary N) is 1. The van der Waals surface area contributed by atoms with Gasteiger partial charge in [0.1, 0.15) is 11.7 Å². The SMILES string of the molecule is CCOCCCNC(=O)C(c1ccc(Cl)cc1)N(Cc1ccc2c(c1)OCO2)C(=O)c1cnccn1. The van der Waals surface area contributed by atoms with Crippen LogP contribution in [0.15, 0.2) is 61.1 Å². The van der Waals surface area contributed by atoms with Crippen LogP contribution in [-0.2, 0) is 16.1 Å². The van der Waals surface area contributed by atoms with Crippen molar-refractivity contribution in [3.63, 3.8) is 0 Å². The fourth-order valence-electron chi connectivity index (χ4n) is 3.82. The molecule has 0 bridgehead atoms. The molecule has 1 aromatic heterocycles. The lowest BCUT2D eigenvalue weighted by Crippen LogP contribution is -2.44. The van der Waals surface area contributed by atoms with Crippen LogP contribution in [-0.4, -0.2) is 53.2 Å². The van der Waals surface area contributed by atoms with Crippen LogP contribution < -0.4 is 14.8 Å². The minimum Gasteiger partial charge on any atom is -0.454 e. The van der Waals surface area contributed by atoms with Gasteiger partial charge in [0, 0.05) is 43.7 Å². The zero-order chi connectivity index (χ0) is 25.3. The highest BCUT2D eigenvalue weighted by molar-refractivity contribution is 6.30. The van der Waals surface area contributed by atoms with E-state index in [9.17, 15) is 9.59 Å². The second-order valence-corrected chi connectivity index (χ2v) is 8.44. The van der Waals surface area contributed by atoms with E-state index in [-0.39, 0.29) is 24.9 Å². The first-order chi connectivity index (χ1) is 17.6. The fourth-order valence-corrected chi connectivity index (χ4v) is 3.94. The maximum atomic E-state index is 13.7. The van der Waals surface area contributed by atoms with Crippen LogP contribution in [0.5, 0.6) is 11.5 Å². The van der Waals surface area contributed by atoms with Crippen molar-refractivity contribution in [3.05, 3.63) is 82.9 Å².